The minimum Gasteiger partial charge on any atom is -0.341 e. The zero-order chi connectivity index (χ0) is 21.7. The number of amides is 2. The van der Waals surface area contributed by atoms with E-state index in [1.165, 1.54) is 12.1 Å². The van der Waals surface area contributed by atoms with E-state index in [-0.39, 0.29) is 54.6 Å². The number of hydrogen-bond donors (Lipinski definition) is 2. The fourth-order valence-corrected chi connectivity index (χ4v) is 4.49. The van der Waals surface area contributed by atoms with E-state index in [1.807, 2.05) is 9.80 Å². The predicted molar refractivity (Wildman–Crippen MR) is 102 cm³/mol. The molecule has 2 bridgehead atoms. The number of hydrogen-bond acceptors (Lipinski definition) is 4. The Bertz CT molecular complexity index is 829. The largest absolute Gasteiger partial charge is 0.411 e. The van der Waals surface area contributed by atoms with E-state index in [0.717, 1.165) is 12.5 Å². The number of piperidine rings is 1. The van der Waals surface area contributed by atoms with Crippen LogP contribution in [0.5, 0.6) is 0 Å². The maximum absolute atomic E-state index is 13.4. The first-order valence-electron chi connectivity index (χ1n) is 9.66. The molecule has 30 heavy (non-hydrogen) atoms. The van der Waals surface area contributed by atoms with Gasteiger partial charge >= 0.3 is 6.18 Å². The number of piperazine rings is 1. The lowest BCUT2D eigenvalue weighted by Gasteiger charge is -2.56. The topological polar surface area (TPSA) is 64.7 Å². The van der Waals surface area contributed by atoms with Crippen molar-refractivity contribution >= 4 is 29.1 Å². The zero-order valence-electron chi connectivity index (χ0n) is 15.9. The van der Waals surface area contributed by atoms with E-state index in [9.17, 15) is 27.2 Å². The first kappa shape index (κ1) is 21.3. The number of nitrogens with zero attached hydrogens (tertiary/aromatic N) is 2. The van der Waals surface area contributed by atoms with Crippen LogP contribution in [0.25, 0.3) is 0 Å². The van der Waals surface area contributed by atoms with Gasteiger partial charge in [0.15, 0.2) is 0 Å². The minimum atomic E-state index is -4.43. The van der Waals surface area contributed by atoms with Crippen LogP contribution >= 0.6 is 11.6 Å². The third-order valence-electron chi connectivity index (χ3n) is 5.93. The van der Waals surface area contributed by atoms with Gasteiger partial charge in [-0.15, -0.1) is 0 Å². The second-order valence-electron chi connectivity index (χ2n) is 8.24. The smallest absolute Gasteiger partial charge is 0.341 e. The van der Waals surface area contributed by atoms with E-state index in [1.54, 1.807) is 0 Å². The van der Waals surface area contributed by atoms with Gasteiger partial charge in [-0.05, 0) is 37.5 Å². The average Bonchev–Trinajstić information content (AvgIpc) is 3.39. The molecule has 2 atom stereocenters. The quantitative estimate of drug-likeness (QED) is 0.656. The number of alkyl halides is 3. The second-order valence-corrected chi connectivity index (χ2v) is 8.68. The number of halogens is 5. The Balaban J connectivity index is 1.24. The number of carbonyl (C=O) groups is 2. The summed E-state index contributed by atoms with van der Waals surface area (Å²) in [5.74, 6) is -1.48. The van der Waals surface area contributed by atoms with Gasteiger partial charge in [0.1, 0.15) is 11.4 Å². The minimum absolute atomic E-state index is 0.0203. The van der Waals surface area contributed by atoms with Gasteiger partial charge in [0, 0.05) is 35.9 Å². The number of fused-ring (bicyclic) bond motifs is 2. The number of nitrogens with one attached hydrogen (secondary N) is 2. The van der Waals surface area contributed by atoms with Crippen LogP contribution in [0.15, 0.2) is 18.2 Å². The van der Waals surface area contributed by atoms with Crippen molar-refractivity contribution in [2.45, 2.75) is 43.1 Å². The molecule has 2 unspecified atom stereocenters. The summed E-state index contributed by atoms with van der Waals surface area (Å²) < 4.78 is 52.3. The monoisotopic (exact) mass is 448 g/mol. The number of rotatable bonds is 6. The van der Waals surface area contributed by atoms with Crippen LogP contribution in [-0.2, 0) is 9.59 Å². The molecule has 2 amide bonds. The predicted octanol–water partition coefficient (Wildman–Crippen LogP) is 2.39. The van der Waals surface area contributed by atoms with Gasteiger partial charge in [0.2, 0.25) is 11.8 Å². The summed E-state index contributed by atoms with van der Waals surface area (Å²) in [5.41, 5.74) is -1.78. The molecule has 6 nitrogen and oxygen atoms in total. The summed E-state index contributed by atoms with van der Waals surface area (Å²) in [6.45, 7) is 1.09. The van der Waals surface area contributed by atoms with Gasteiger partial charge < -0.3 is 10.6 Å². The average molecular weight is 449 g/mol. The van der Waals surface area contributed by atoms with Crippen molar-refractivity contribution < 1.29 is 27.2 Å². The van der Waals surface area contributed by atoms with Crippen molar-refractivity contribution in [3.8, 4) is 0 Å². The summed E-state index contributed by atoms with van der Waals surface area (Å²) in [5, 5.41) is 4.93. The van der Waals surface area contributed by atoms with E-state index < -0.39 is 23.4 Å². The highest BCUT2D eigenvalue weighted by atomic mass is 35.5. The lowest BCUT2D eigenvalue weighted by atomic mass is 9.87. The summed E-state index contributed by atoms with van der Waals surface area (Å²) in [6, 6.07) is 3.80. The van der Waals surface area contributed by atoms with Crippen LogP contribution in [0.1, 0.15) is 19.3 Å². The van der Waals surface area contributed by atoms with Gasteiger partial charge in [0.25, 0.3) is 0 Å². The zero-order valence-corrected chi connectivity index (χ0v) is 16.7. The summed E-state index contributed by atoms with van der Waals surface area (Å²) in [6.07, 6.45) is -3.73. The Hall–Kier alpha value is -1.91. The molecule has 3 aliphatic heterocycles. The number of benzene rings is 1. The standard InChI is InChI=1S/C19H21ClF4N4O2/c20-11-3-12(21)5-13(4-11)25-16(29)9-27-7-14-6-15(8-27)28(14)10-17(30)26-18(1-2-18)19(22,23)24/h3-5,14-15H,1-2,6-10H2,(H,25,29)(H,26,30). The van der Waals surface area contributed by atoms with Crippen molar-refractivity contribution in [2.75, 3.05) is 31.5 Å². The molecule has 0 spiro atoms. The van der Waals surface area contributed by atoms with Crippen molar-refractivity contribution in [1.29, 1.82) is 0 Å². The molecule has 1 aromatic rings. The highest BCUT2D eigenvalue weighted by Gasteiger charge is 2.64. The Kier molecular flexibility index (Phi) is 5.44. The Morgan fingerprint density at radius 2 is 1.77 bits per heavy atom. The van der Waals surface area contributed by atoms with Gasteiger partial charge in [-0.25, -0.2) is 4.39 Å². The van der Waals surface area contributed by atoms with Crippen LogP contribution in [0.3, 0.4) is 0 Å². The molecule has 4 aliphatic rings. The molecule has 1 aliphatic carbocycles. The lowest BCUT2D eigenvalue weighted by Crippen LogP contribution is -2.70. The van der Waals surface area contributed by atoms with E-state index >= 15 is 0 Å². The first-order chi connectivity index (χ1) is 14.0. The van der Waals surface area contributed by atoms with Crippen molar-refractivity contribution in [1.82, 2.24) is 15.1 Å². The molecule has 2 N–H and O–H groups in total. The Morgan fingerprint density at radius 1 is 1.10 bits per heavy atom. The molecule has 11 heteroatoms. The molecule has 0 aromatic heterocycles. The van der Waals surface area contributed by atoms with E-state index in [4.69, 9.17) is 11.6 Å². The fraction of sp³-hybridized carbons (Fsp3) is 0.579. The SMILES string of the molecule is O=C(CN1CC2CC(C1)N2CC(=O)NC1(C(F)(F)F)CC1)Nc1cc(F)cc(Cl)c1. The molecule has 1 saturated carbocycles. The fourth-order valence-electron chi connectivity index (χ4n) is 4.27. The summed E-state index contributed by atoms with van der Waals surface area (Å²) >= 11 is 5.77. The van der Waals surface area contributed by atoms with Crippen LogP contribution in [-0.4, -0.2) is 71.6 Å². The highest BCUT2D eigenvalue weighted by Crippen LogP contribution is 2.49. The van der Waals surface area contributed by atoms with Gasteiger partial charge in [-0.1, -0.05) is 11.6 Å². The Labute approximate surface area is 175 Å². The molecule has 3 heterocycles. The maximum Gasteiger partial charge on any atom is 0.411 e. The normalized spacial score (nSPS) is 25.4. The van der Waals surface area contributed by atoms with Gasteiger partial charge in [-0.3, -0.25) is 19.4 Å². The molecule has 164 valence electrons. The first-order valence-corrected chi connectivity index (χ1v) is 10.0. The van der Waals surface area contributed by atoms with Gasteiger partial charge in [0.05, 0.1) is 13.1 Å². The number of anilines is 1. The van der Waals surface area contributed by atoms with Crippen LogP contribution in [0.2, 0.25) is 5.02 Å². The molecule has 0 radical (unpaired) electrons. The van der Waals surface area contributed by atoms with E-state index in [2.05, 4.69) is 10.6 Å². The molecule has 4 fully saturated rings. The second kappa shape index (κ2) is 7.65. The molecular formula is C19H21ClF4N4O2. The van der Waals surface area contributed by atoms with Crippen LogP contribution in [0.4, 0.5) is 23.2 Å². The molecule has 1 aromatic carbocycles. The molecule has 3 saturated heterocycles. The van der Waals surface area contributed by atoms with Gasteiger partial charge in [-0.2, -0.15) is 13.2 Å². The number of carbonyl (C=O) groups excluding carboxylic acids is 2. The van der Waals surface area contributed by atoms with E-state index in [0.29, 0.717) is 13.1 Å². The Morgan fingerprint density at radius 3 is 2.33 bits per heavy atom. The van der Waals surface area contributed by atoms with Crippen molar-refractivity contribution in [3.63, 3.8) is 0 Å². The third kappa shape index (κ3) is 4.40. The summed E-state index contributed by atoms with van der Waals surface area (Å²) in [7, 11) is 0. The maximum atomic E-state index is 13.4. The highest BCUT2D eigenvalue weighted by molar-refractivity contribution is 6.30. The molecule has 5 rings (SSSR count). The lowest BCUT2D eigenvalue weighted by molar-refractivity contribution is -0.172. The van der Waals surface area contributed by atoms with Crippen LogP contribution in [0, 0.1) is 5.82 Å². The van der Waals surface area contributed by atoms with Crippen molar-refractivity contribution in [3.05, 3.63) is 29.0 Å². The van der Waals surface area contributed by atoms with Crippen molar-refractivity contribution in [2.24, 2.45) is 0 Å². The van der Waals surface area contributed by atoms with Crippen LogP contribution < -0.4 is 10.6 Å². The third-order valence-corrected chi connectivity index (χ3v) is 6.15. The molecular weight excluding hydrogens is 428 g/mol. The summed E-state index contributed by atoms with van der Waals surface area (Å²) in [4.78, 5) is 28.2.